The van der Waals surface area contributed by atoms with Gasteiger partial charge in [0.05, 0.1) is 25.6 Å². The summed E-state index contributed by atoms with van der Waals surface area (Å²) in [5.41, 5.74) is 2.60. The Labute approximate surface area is 226 Å². The van der Waals surface area contributed by atoms with Crippen molar-refractivity contribution in [2.24, 2.45) is 0 Å². The van der Waals surface area contributed by atoms with E-state index in [1.54, 1.807) is 41.1 Å². The molecule has 9 heteroatoms. The van der Waals surface area contributed by atoms with Gasteiger partial charge in [-0.15, -0.1) is 0 Å². The number of amides is 2. The van der Waals surface area contributed by atoms with Gasteiger partial charge in [0, 0.05) is 23.2 Å². The number of aromatic nitrogens is 2. The maximum absolute atomic E-state index is 13.5. The zero-order chi connectivity index (χ0) is 27.1. The summed E-state index contributed by atoms with van der Waals surface area (Å²) < 4.78 is 12.5. The molecule has 1 N–H and O–H groups in total. The Morgan fingerprint density at radius 2 is 1.61 bits per heavy atom. The fourth-order valence-corrected chi connectivity index (χ4v) is 4.22. The molecule has 0 radical (unpaired) electrons. The number of carbonyl (C=O) groups is 2. The van der Waals surface area contributed by atoms with E-state index in [1.165, 1.54) is 19.1 Å². The zero-order valence-corrected chi connectivity index (χ0v) is 22.2. The fraction of sp³-hybridized carbons (Fsp3) is 0.207. The molecule has 38 heavy (non-hydrogen) atoms. The highest BCUT2D eigenvalue weighted by molar-refractivity contribution is 6.30. The van der Waals surface area contributed by atoms with Crippen molar-refractivity contribution in [3.05, 3.63) is 89.4 Å². The van der Waals surface area contributed by atoms with Crippen molar-refractivity contribution in [3.8, 4) is 28.4 Å². The first kappa shape index (κ1) is 26.8. The van der Waals surface area contributed by atoms with Crippen LogP contribution in [0.5, 0.6) is 11.5 Å². The van der Waals surface area contributed by atoms with Gasteiger partial charge in [-0.05, 0) is 42.8 Å². The smallest absolute Gasteiger partial charge is 0.261 e. The molecule has 196 valence electrons. The van der Waals surface area contributed by atoms with Crippen LogP contribution in [0.3, 0.4) is 0 Å². The maximum Gasteiger partial charge on any atom is 0.261 e. The highest BCUT2D eigenvalue weighted by Crippen LogP contribution is 2.30. The minimum Gasteiger partial charge on any atom is -0.496 e. The number of nitrogens with one attached hydrogen (secondary N) is 1. The zero-order valence-electron chi connectivity index (χ0n) is 21.5. The number of benzene rings is 3. The van der Waals surface area contributed by atoms with Gasteiger partial charge in [0.1, 0.15) is 29.4 Å². The van der Waals surface area contributed by atoms with Gasteiger partial charge in [-0.3, -0.25) is 9.59 Å². The van der Waals surface area contributed by atoms with Crippen molar-refractivity contribution in [2.75, 3.05) is 32.6 Å². The van der Waals surface area contributed by atoms with E-state index in [0.717, 1.165) is 11.3 Å². The van der Waals surface area contributed by atoms with Gasteiger partial charge < -0.3 is 19.7 Å². The van der Waals surface area contributed by atoms with E-state index in [4.69, 9.17) is 26.2 Å². The van der Waals surface area contributed by atoms with Crippen molar-refractivity contribution >= 4 is 29.2 Å². The first-order valence-corrected chi connectivity index (χ1v) is 12.5. The van der Waals surface area contributed by atoms with Crippen LogP contribution >= 0.6 is 11.6 Å². The average Bonchev–Trinajstić information content (AvgIpc) is 3.36. The van der Waals surface area contributed by atoms with Crippen LogP contribution in [0.4, 0.5) is 5.82 Å². The second kappa shape index (κ2) is 12.3. The summed E-state index contributed by atoms with van der Waals surface area (Å²) in [7, 11) is 2.98. The largest absolute Gasteiger partial charge is 0.496 e. The molecule has 1 heterocycles. The molecular weight excluding hydrogens is 504 g/mol. The molecule has 0 fully saturated rings. The minimum absolute atomic E-state index is 0.166. The molecule has 0 saturated heterocycles. The Balaban J connectivity index is 1.63. The predicted molar refractivity (Wildman–Crippen MR) is 148 cm³/mol. The summed E-state index contributed by atoms with van der Waals surface area (Å²) in [5, 5.41) is 8.25. The summed E-state index contributed by atoms with van der Waals surface area (Å²) >= 11 is 6.08. The van der Waals surface area contributed by atoms with Crippen molar-refractivity contribution in [1.82, 2.24) is 14.7 Å². The third-order valence-electron chi connectivity index (χ3n) is 5.87. The molecular formula is C29H29ClN4O4. The van der Waals surface area contributed by atoms with Crippen LogP contribution in [0.25, 0.3) is 16.9 Å². The normalized spacial score (nSPS) is 10.6. The first-order valence-electron chi connectivity index (χ1n) is 12.2. The summed E-state index contributed by atoms with van der Waals surface area (Å²) in [6, 6.07) is 23.8. The van der Waals surface area contributed by atoms with Gasteiger partial charge in [-0.2, -0.15) is 5.10 Å². The van der Waals surface area contributed by atoms with Gasteiger partial charge in [-0.1, -0.05) is 54.9 Å². The van der Waals surface area contributed by atoms with Gasteiger partial charge in [0.2, 0.25) is 5.91 Å². The lowest BCUT2D eigenvalue weighted by Crippen LogP contribution is -2.39. The van der Waals surface area contributed by atoms with Gasteiger partial charge in [0.25, 0.3) is 5.91 Å². The minimum atomic E-state index is -0.365. The summed E-state index contributed by atoms with van der Waals surface area (Å²) in [6.45, 7) is 2.15. The lowest BCUT2D eigenvalue weighted by Gasteiger charge is -2.23. The second-order valence-corrected chi connectivity index (χ2v) is 8.92. The first-order chi connectivity index (χ1) is 18.4. The molecule has 0 atom stereocenters. The molecule has 0 spiro atoms. The Hall–Kier alpha value is -4.30. The molecule has 0 aliphatic rings. The quantitative estimate of drug-likeness (QED) is 0.283. The third kappa shape index (κ3) is 5.98. The SMILES string of the molecule is CCCN(CC(=O)Nc1cc(-c2ccccc2)nn1-c1ccc(Cl)cc1)C(=O)c1c(OC)cccc1OC. The van der Waals surface area contributed by atoms with E-state index in [2.05, 4.69) is 5.32 Å². The summed E-state index contributed by atoms with van der Waals surface area (Å²) in [5.74, 6) is 0.506. The molecule has 8 nitrogen and oxygen atoms in total. The van der Waals surface area contributed by atoms with Crippen LogP contribution in [-0.2, 0) is 4.79 Å². The predicted octanol–water partition coefficient (Wildman–Crippen LogP) is 5.70. The number of anilines is 1. The molecule has 2 amide bonds. The Bertz CT molecular complexity index is 1380. The summed E-state index contributed by atoms with van der Waals surface area (Å²) in [6.07, 6.45) is 0.664. The molecule has 0 aliphatic heterocycles. The van der Waals surface area contributed by atoms with Gasteiger partial charge in [-0.25, -0.2) is 4.68 Å². The average molecular weight is 533 g/mol. The second-order valence-electron chi connectivity index (χ2n) is 8.48. The third-order valence-corrected chi connectivity index (χ3v) is 6.13. The number of hydrogen-bond donors (Lipinski definition) is 1. The molecule has 4 rings (SSSR count). The van der Waals surface area contributed by atoms with E-state index in [-0.39, 0.29) is 23.9 Å². The lowest BCUT2D eigenvalue weighted by atomic mass is 10.1. The number of methoxy groups -OCH3 is 2. The summed E-state index contributed by atoms with van der Waals surface area (Å²) in [4.78, 5) is 28.3. The number of hydrogen-bond acceptors (Lipinski definition) is 5. The van der Waals surface area contributed by atoms with E-state index < -0.39 is 0 Å². The van der Waals surface area contributed by atoms with Crippen molar-refractivity contribution in [2.45, 2.75) is 13.3 Å². The molecule has 0 aliphatic carbocycles. The molecule has 3 aromatic carbocycles. The number of rotatable bonds is 10. The number of halogens is 1. The van der Waals surface area contributed by atoms with Crippen molar-refractivity contribution in [3.63, 3.8) is 0 Å². The van der Waals surface area contributed by atoms with Crippen LogP contribution in [0.15, 0.2) is 78.9 Å². The monoisotopic (exact) mass is 532 g/mol. The van der Waals surface area contributed by atoms with Crippen LogP contribution in [-0.4, -0.2) is 53.8 Å². The highest BCUT2D eigenvalue weighted by atomic mass is 35.5. The lowest BCUT2D eigenvalue weighted by molar-refractivity contribution is -0.116. The van der Waals surface area contributed by atoms with Crippen LogP contribution in [0.2, 0.25) is 5.02 Å². The van der Waals surface area contributed by atoms with E-state index in [9.17, 15) is 9.59 Å². The number of carbonyl (C=O) groups excluding carboxylic acids is 2. The maximum atomic E-state index is 13.5. The Kier molecular flexibility index (Phi) is 8.66. The van der Waals surface area contributed by atoms with Gasteiger partial charge in [0.15, 0.2) is 0 Å². The Morgan fingerprint density at radius 1 is 0.947 bits per heavy atom. The van der Waals surface area contributed by atoms with E-state index >= 15 is 0 Å². The molecule has 0 unspecified atom stereocenters. The van der Waals surface area contributed by atoms with Crippen molar-refractivity contribution < 1.29 is 19.1 Å². The molecule has 4 aromatic rings. The molecule has 1 aromatic heterocycles. The highest BCUT2D eigenvalue weighted by Gasteiger charge is 2.25. The fourth-order valence-electron chi connectivity index (χ4n) is 4.10. The van der Waals surface area contributed by atoms with Crippen LogP contribution in [0, 0.1) is 0 Å². The standard InChI is InChI=1S/C29H29ClN4O4/c1-4-17-33(29(36)28-24(37-2)11-8-12-25(28)38-3)19-27(35)31-26-18-23(20-9-6-5-7-10-20)32-34(26)22-15-13-21(30)14-16-22/h5-16,18H,4,17,19H2,1-3H3,(H,31,35). The van der Waals surface area contributed by atoms with Gasteiger partial charge >= 0.3 is 0 Å². The van der Waals surface area contributed by atoms with Crippen LogP contribution < -0.4 is 14.8 Å². The Morgan fingerprint density at radius 3 is 2.21 bits per heavy atom. The van der Waals surface area contributed by atoms with E-state index in [0.29, 0.717) is 41.0 Å². The van der Waals surface area contributed by atoms with Crippen molar-refractivity contribution in [1.29, 1.82) is 0 Å². The number of nitrogens with zero attached hydrogens (tertiary/aromatic N) is 3. The topological polar surface area (TPSA) is 85.7 Å². The number of ether oxygens (including phenoxy) is 2. The van der Waals surface area contributed by atoms with E-state index in [1.807, 2.05) is 49.4 Å². The molecule has 0 saturated carbocycles. The molecule has 0 bridgehead atoms. The van der Waals surface area contributed by atoms with Crippen LogP contribution in [0.1, 0.15) is 23.7 Å².